The lowest BCUT2D eigenvalue weighted by atomic mass is 9.77. The summed E-state index contributed by atoms with van der Waals surface area (Å²) in [5, 5.41) is 0. The molecule has 0 bridgehead atoms. The van der Waals surface area contributed by atoms with E-state index >= 15 is 0 Å². The van der Waals surface area contributed by atoms with Crippen molar-refractivity contribution in [1.29, 1.82) is 0 Å². The van der Waals surface area contributed by atoms with Crippen molar-refractivity contribution in [3.8, 4) is 0 Å². The van der Waals surface area contributed by atoms with Gasteiger partial charge in [0, 0.05) is 12.3 Å². The van der Waals surface area contributed by atoms with Crippen LogP contribution in [0.5, 0.6) is 0 Å². The van der Waals surface area contributed by atoms with E-state index in [0.29, 0.717) is 17.6 Å². The highest BCUT2D eigenvalue weighted by molar-refractivity contribution is 5.81. The predicted molar refractivity (Wildman–Crippen MR) is 62.7 cm³/mol. The van der Waals surface area contributed by atoms with Crippen molar-refractivity contribution < 1.29 is 4.79 Å². The minimum absolute atomic E-state index is 0.363. The number of hydrogen-bond donors (Lipinski definition) is 0. The van der Waals surface area contributed by atoms with Gasteiger partial charge in [0.25, 0.3) is 0 Å². The van der Waals surface area contributed by atoms with Crippen LogP contribution in [-0.2, 0) is 4.79 Å². The van der Waals surface area contributed by atoms with E-state index in [0.717, 1.165) is 25.7 Å². The highest BCUT2D eigenvalue weighted by Crippen LogP contribution is 2.32. The Bertz CT molecular complexity index is 242. The molecule has 0 amide bonds. The van der Waals surface area contributed by atoms with E-state index < -0.39 is 0 Å². The lowest BCUT2D eigenvalue weighted by Gasteiger charge is -2.27. The summed E-state index contributed by atoms with van der Waals surface area (Å²) < 4.78 is 0. The van der Waals surface area contributed by atoms with Gasteiger partial charge in [-0.05, 0) is 31.6 Å². The zero-order valence-electron chi connectivity index (χ0n) is 9.58. The molecule has 15 heavy (non-hydrogen) atoms. The molecule has 84 valence electrons. The Hall–Kier alpha value is -0.590. The molecule has 0 spiro atoms. The Balaban J connectivity index is 2.09. The van der Waals surface area contributed by atoms with Gasteiger partial charge in [0.15, 0.2) is 0 Å². The summed E-state index contributed by atoms with van der Waals surface area (Å²) in [6.45, 7) is 0. The van der Waals surface area contributed by atoms with E-state index in [9.17, 15) is 4.79 Å². The summed E-state index contributed by atoms with van der Waals surface area (Å²) in [7, 11) is 0. The molecule has 1 fully saturated rings. The van der Waals surface area contributed by atoms with E-state index in [2.05, 4.69) is 12.2 Å². The third-order valence-electron chi connectivity index (χ3n) is 3.91. The average Bonchev–Trinajstić information content (AvgIpc) is 2.18. The second-order valence-corrected chi connectivity index (χ2v) is 5.05. The molecule has 0 radical (unpaired) electrons. The van der Waals surface area contributed by atoms with Crippen molar-refractivity contribution in [2.75, 3.05) is 0 Å². The smallest absolute Gasteiger partial charge is 0.136 e. The van der Waals surface area contributed by atoms with Crippen LogP contribution in [0.15, 0.2) is 12.2 Å². The number of fused-ring (bicyclic) bond motifs is 1. The molecule has 0 aliphatic heterocycles. The van der Waals surface area contributed by atoms with Gasteiger partial charge in [-0.2, -0.15) is 0 Å². The van der Waals surface area contributed by atoms with Crippen LogP contribution in [0.2, 0.25) is 0 Å². The predicted octanol–water partition coefficient (Wildman–Crippen LogP) is 3.88. The fourth-order valence-electron chi connectivity index (χ4n) is 2.99. The first-order valence-electron chi connectivity index (χ1n) is 6.57. The van der Waals surface area contributed by atoms with Crippen molar-refractivity contribution in [2.45, 2.75) is 57.8 Å². The monoisotopic (exact) mass is 206 g/mol. The van der Waals surface area contributed by atoms with Crippen LogP contribution < -0.4 is 0 Å². The highest BCUT2D eigenvalue weighted by Gasteiger charge is 2.27. The number of allylic oxidation sites excluding steroid dienone is 2. The van der Waals surface area contributed by atoms with Crippen LogP contribution in [0.1, 0.15) is 57.8 Å². The summed E-state index contributed by atoms with van der Waals surface area (Å²) in [4.78, 5) is 12.0. The number of carbonyl (C=O) groups is 1. The van der Waals surface area contributed by atoms with Gasteiger partial charge in [-0.15, -0.1) is 0 Å². The first-order valence-corrected chi connectivity index (χ1v) is 6.57. The van der Waals surface area contributed by atoms with Crippen molar-refractivity contribution in [1.82, 2.24) is 0 Å². The fraction of sp³-hybridized carbons (Fsp3) is 0.786. The third kappa shape index (κ3) is 2.93. The van der Waals surface area contributed by atoms with Crippen LogP contribution in [0.25, 0.3) is 0 Å². The summed E-state index contributed by atoms with van der Waals surface area (Å²) in [6, 6.07) is 0. The Morgan fingerprint density at radius 1 is 1.00 bits per heavy atom. The molecule has 1 nitrogen and oxygen atoms in total. The van der Waals surface area contributed by atoms with Crippen LogP contribution in [0.3, 0.4) is 0 Å². The summed E-state index contributed by atoms with van der Waals surface area (Å²) in [5.41, 5.74) is 0. The number of hydrogen-bond acceptors (Lipinski definition) is 1. The van der Waals surface area contributed by atoms with Crippen molar-refractivity contribution in [2.24, 2.45) is 11.8 Å². The zero-order valence-corrected chi connectivity index (χ0v) is 9.58. The fourth-order valence-corrected chi connectivity index (χ4v) is 2.99. The van der Waals surface area contributed by atoms with Crippen LogP contribution in [-0.4, -0.2) is 5.78 Å². The van der Waals surface area contributed by atoms with Crippen molar-refractivity contribution >= 4 is 5.78 Å². The van der Waals surface area contributed by atoms with E-state index in [1.165, 1.54) is 32.1 Å². The zero-order chi connectivity index (χ0) is 10.5. The topological polar surface area (TPSA) is 17.1 Å². The molecule has 0 N–H and O–H groups in total. The SMILES string of the molecule is O=C1CCCC=C[C@@H]2CCCCCC[C@@H]12. The van der Waals surface area contributed by atoms with Gasteiger partial charge in [0.05, 0.1) is 0 Å². The summed E-state index contributed by atoms with van der Waals surface area (Å²) in [5.74, 6) is 1.48. The standard InChI is InChI=1S/C14H22O/c15-14-11-7-3-5-9-12-8-4-1-2-6-10-13(12)14/h5,9,12-13H,1-4,6-8,10-11H2/t12-,13+/m0/s1. The lowest BCUT2D eigenvalue weighted by Crippen LogP contribution is -2.24. The van der Waals surface area contributed by atoms with Gasteiger partial charge in [0.2, 0.25) is 0 Å². The molecule has 0 saturated heterocycles. The summed E-state index contributed by atoms with van der Waals surface area (Å²) >= 11 is 0. The first-order chi connectivity index (χ1) is 7.38. The van der Waals surface area contributed by atoms with E-state index in [1.54, 1.807) is 0 Å². The molecule has 0 aromatic carbocycles. The molecule has 1 heteroatoms. The average molecular weight is 206 g/mol. The lowest BCUT2D eigenvalue weighted by molar-refractivity contribution is -0.124. The minimum Gasteiger partial charge on any atom is -0.299 e. The Kier molecular flexibility index (Phi) is 3.99. The van der Waals surface area contributed by atoms with Gasteiger partial charge >= 0.3 is 0 Å². The van der Waals surface area contributed by atoms with Crippen LogP contribution in [0, 0.1) is 11.8 Å². The van der Waals surface area contributed by atoms with Gasteiger partial charge < -0.3 is 0 Å². The quantitative estimate of drug-likeness (QED) is 0.550. The molecule has 2 rings (SSSR count). The van der Waals surface area contributed by atoms with E-state index in [1.807, 2.05) is 0 Å². The maximum atomic E-state index is 12.0. The molecule has 0 aromatic heterocycles. The van der Waals surface area contributed by atoms with Crippen LogP contribution in [0.4, 0.5) is 0 Å². The molecule has 0 aromatic rings. The molecule has 2 aliphatic carbocycles. The largest absolute Gasteiger partial charge is 0.299 e. The van der Waals surface area contributed by atoms with Crippen molar-refractivity contribution in [3.05, 3.63) is 12.2 Å². The van der Waals surface area contributed by atoms with Gasteiger partial charge in [-0.25, -0.2) is 0 Å². The number of Topliss-reactive ketones (excluding diaryl/α,β-unsaturated/α-hetero) is 1. The van der Waals surface area contributed by atoms with Gasteiger partial charge in [-0.3, -0.25) is 4.79 Å². The van der Waals surface area contributed by atoms with Crippen LogP contribution >= 0.6 is 0 Å². The van der Waals surface area contributed by atoms with Crippen molar-refractivity contribution in [3.63, 3.8) is 0 Å². The molecule has 0 heterocycles. The molecular weight excluding hydrogens is 184 g/mol. The Morgan fingerprint density at radius 3 is 2.67 bits per heavy atom. The van der Waals surface area contributed by atoms with E-state index in [4.69, 9.17) is 0 Å². The molecule has 1 saturated carbocycles. The van der Waals surface area contributed by atoms with Gasteiger partial charge in [-0.1, -0.05) is 37.8 Å². The third-order valence-corrected chi connectivity index (χ3v) is 3.91. The normalized spacial score (nSPS) is 33.5. The van der Waals surface area contributed by atoms with E-state index in [-0.39, 0.29) is 0 Å². The Labute approximate surface area is 92.9 Å². The minimum atomic E-state index is 0.363. The maximum absolute atomic E-state index is 12.0. The molecule has 2 aliphatic rings. The highest BCUT2D eigenvalue weighted by atomic mass is 16.1. The number of rotatable bonds is 0. The molecule has 2 atom stereocenters. The molecular formula is C14H22O. The second kappa shape index (κ2) is 5.48. The second-order valence-electron chi connectivity index (χ2n) is 5.05. The summed E-state index contributed by atoms with van der Waals surface area (Å²) in [6.07, 6.45) is 15.3. The van der Waals surface area contributed by atoms with Gasteiger partial charge in [0.1, 0.15) is 5.78 Å². The Morgan fingerprint density at radius 2 is 1.80 bits per heavy atom. The number of ketones is 1. The first kappa shape index (κ1) is 10.9. The maximum Gasteiger partial charge on any atom is 0.136 e. The number of carbonyl (C=O) groups excluding carboxylic acids is 1. The molecule has 0 unspecified atom stereocenters.